The van der Waals surface area contributed by atoms with Gasteiger partial charge in [0.1, 0.15) is 5.82 Å². The molecular weight excluding hydrogens is 304 g/mol. The fourth-order valence-electron chi connectivity index (χ4n) is 2.89. The first kappa shape index (κ1) is 16.9. The van der Waals surface area contributed by atoms with Crippen molar-refractivity contribution >= 4 is 5.82 Å². The summed E-state index contributed by atoms with van der Waals surface area (Å²) in [6.07, 6.45) is 2.07. The Morgan fingerprint density at radius 1 is 1.29 bits per heavy atom. The van der Waals surface area contributed by atoms with Gasteiger partial charge in [0.25, 0.3) is 0 Å². The van der Waals surface area contributed by atoms with Crippen LogP contribution in [0.2, 0.25) is 0 Å². The molecular formula is C17H26N6O. The van der Waals surface area contributed by atoms with Crippen molar-refractivity contribution in [2.24, 2.45) is 5.92 Å². The molecule has 7 nitrogen and oxygen atoms in total. The molecule has 0 unspecified atom stereocenters. The minimum atomic E-state index is 0.188. The van der Waals surface area contributed by atoms with E-state index in [0.29, 0.717) is 11.7 Å². The molecule has 1 aliphatic heterocycles. The fraction of sp³-hybridized carbons (Fsp3) is 0.588. The Morgan fingerprint density at radius 2 is 2.17 bits per heavy atom. The number of hydrogen-bond acceptors (Lipinski definition) is 6. The number of aromatic nitrogens is 4. The zero-order valence-electron chi connectivity index (χ0n) is 14.6. The number of anilines is 1. The molecule has 3 heterocycles. The second-order valence-corrected chi connectivity index (χ2v) is 6.71. The molecule has 0 amide bonds. The van der Waals surface area contributed by atoms with Crippen LogP contribution in [0.5, 0.6) is 0 Å². The molecule has 1 atom stereocenters. The molecule has 0 spiro atoms. The monoisotopic (exact) mass is 330 g/mol. The smallest absolute Gasteiger partial charge is 0.175 e. The van der Waals surface area contributed by atoms with E-state index in [9.17, 15) is 0 Å². The van der Waals surface area contributed by atoms with E-state index >= 15 is 0 Å². The van der Waals surface area contributed by atoms with Crippen molar-refractivity contribution in [3.8, 4) is 5.82 Å². The number of hydrogen-bond donors (Lipinski definition) is 1. The standard InChI is InChI=1S/C17H26N6O/c1-13(2)11-22-8-9-24-15(12-22)10-18-16-4-5-17(20-19-16)23-7-6-14(3)21-23/h4-7,13,15H,8-12H2,1-3H3,(H,18,19)/t15-/m0/s1. The zero-order chi connectivity index (χ0) is 16.9. The third-order valence-electron chi connectivity index (χ3n) is 3.96. The van der Waals surface area contributed by atoms with E-state index < -0.39 is 0 Å². The van der Waals surface area contributed by atoms with E-state index in [-0.39, 0.29) is 6.10 Å². The predicted octanol–water partition coefficient (Wildman–Crippen LogP) is 1.74. The molecule has 1 saturated heterocycles. The highest BCUT2D eigenvalue weighted by molar-refractivity contribution is 5.36. The van der Waals surface area contributed by atoms with E-state index in [1.165, 1.54) is 0 Å². The van der Waals surface area contributed by atoms with Crippen molar-refractivity contribution in [3.05, 3.63) is 30.1 Å². The highest BCUT2D eigenvalue weighted by Gasteiger charge is 2.20. The maximum absolute atomic E-state index is 5.84. The molecule has 24 heavy (non-hydrogen) atoms. The summed E-state index contributed by atoms with van der Waals surface area (Å²) >= 11 is 0. The van der Waals surface area contributed by atoms with Crippen LogP contribution >= 0.6 is 0 Å². The van der Waals surface area contributed by atoms with Gasteiger partial charge in [-0.05, 0) is 31.0 Å². The van der Waals surface area contributed by atoms with Crippen LogP contribution in [0.25, 0.3) is 5.82 Å². The Balaban J connectivity index is 1.51. The highest BCUT2D eigenvalue weighted by Crippen LogP contribution is 2.10. The number of nitrogens with zero attached hydrogens (tertiary/aromatic N) is 5. The molecule has 0 radical (unpaired) electrons. The zero-order valence-corrected chi connectivity index (χ0v) is 14.6. The second kappa shape index (κ2) is 7.72. The molecule has 0 saturated carbocycles. The van der Waals surface area contributed by atoms with Crippen molar-refractivity contribution in [1.82, 2.24) is 24.9 Å². The average Bonchev–Trinajstić information content (AvgIpc) is 3.00. The Hall–Kier alpha value is -1.99. The summed E-state index contributed by atoms with van der Waals surface area (Å²) in [5, 5.41) is 16.1. The van der Waals surface area contributed by atoms with Crippen LogP contribution in [0, 0.1) is 12.8 Å². The third-order valence-corrected chi connectivity index (χ3v) is 3.96. The van der Waals surface area contributed by atoms with E-state index in [0.717, 1.165) is 44.3 Å². The van der Waals surface area contributed by atoms with Gasteiger partial charge < -0.3 is 10.1 Å². The van der Waals surface area contributed by atoms with Crippen LogP contribution in [-0.4, -0.2) is 63.8 Å². The van der Waals surface area contributed by atoms with Crippen LogP contribution < -0.4 is 5.32 Å². The number of nitrogens with one attached hydrogen (secondary N) is 1. The van der Waals surface area contributed by atoms with Gasteiger partial charge in [0.15, 0.2) is 5.82 Å². The maximum atomic E-state index is 5.84. The number of aryl methyl sites for hydroxylation is 1. The lowest BCUT2D eigenvalue weighted by Crippen LogP contribution is -2.46. The van der Waals surface area contributed by atoms with E-state index in [1.807, 2.05) is 31.3 Å². The highest BCUT2D eigenvalue weighted by atomic mass is 16.5. The van der Waals surface area contributed by atoms with Crippen molar-refractivity contribution in [1.29, 1.82) is 0 Å². The SMILES string of the molecule is Cc1ccn(-c2ccc(NC[C@H]3CN(CC(C)C)CCO3)nn2)n1. The molecule has 1 N–H and O–H groups in total. The van der Waals surface area contributed by atoms with Crippen LogP contribution in [0.3, 0.4) is 0 Å². The molecule has 0 bridgehead atoms. The van der Waals surface area contributed by atoms with E-state index in [2.05, 4.69) is 39.4 Å². The minimum Gasteiger partial charge on any atom is -0.374 e. The Morgan fingerprint density at radius 3 is 2.83 bits per heavy atom. The van der Waals surface area contributed by atoms with E-state index in [4.69, 9.17) is 4.74 Å². The molecule has 0 aliphatic carbocycles. The van der Waals surface area contributed by atoms with Gasteiger partial charge in [-0.3, -0.25) is 4.90 Å². The van der Waals surface area contributed by atoms with Gasteiger partial charge in [-0.1, -0.05) is 13.8 Å². The molecule has 2 aromatic rings. The topological polar surface area (TPSA) is 68.1 Å². The van der Waals surface area contributed by atoms with Crippen molar-refractivity contribution in [2.75, 3.05) is 38.1 Å². The molecule has 2 aromatic heterocycles. The summed E-state index contributed by atoms with van der Waals surface area (Å²) in [5.74, 6) is 2.15. The number of rotatable bonds is 6. The van der Waals surface area contributed by atoms with Crippen LogP contribution in [-0.2, 0) is 4.74 Å². The first-order valence-electron chi connectivity index (χ1n) is 8.54. The summed E-state index contributed by atoms with van der Waals surface area (Å²) in [6.45, 7) is 11.1. The minimum absolute atomic E-state index is 0.188. The van der Waals surface area contributed by atoms with Crippen molar-refractivity contribution in [2.45, 2.75) is 26.9 Å². The first-order valence-corrected chi connectivity index (χ1v) is 8.54. The Labute approximate surface area is 143 Å². The fourth-order valence-corrected chi connectivity index (χ4v) is 2.89. The van der Waals surface area contributed by atoms with Gasteiger partial charge in [0.2, 0.25) is 0 Å². The molecule has 1 aliphatic rings. The molecule has 0 aromatic carbocycles. The van der Waals surface area contributed by atoms with Crippen LogP contribution in [0.15, 0.2) is 24.4 Å². The van der Waals surface area contributed by atoms with Crippen molar-refractivity contribution < 1.29 is 4.74 Å². The molecule has 3 rings (SSSR count). The average molecular weight is 330 g/mol. The van der Waals surface area contributed by atoms with E-state index in [1.54, 1.807) is 4.68 Å². The largest absolute Gasteiger partial charge is 0.374 e. The molecule has 1 fully saturated rings. The lowest BCUT2D eigenvalue weighted by atomic mass is 10.2. The number of morpholine rings is 1. The van der Waals surface area contributed by atoms with Gasteiger partial charge in [-0.25, -0.2) is 4.68 Å². The van der Waals surface area contributed by atoms with Gasteiger partial charge in [0.05, 0.1) is 18.4 Å². The van der Waals surface area contributed by atoms with Gasteiger partial charge in [-0.2, -0.15) is 5.10 Å². The number of ether oxygens (including phenoxy) is 1. The summed E-state index contributed by atoms with van der Waals surface area (Å²) in [7, 11) is 0. The maximum Gasteiger partial charge on any atom is 0.175 e. The summed E-state index contributed by atoms with van der Waals surface area (Å²) < 4.78 is 7.56. The first-order chi connectivity index (χ1) is 11.6. The van der Waals surface area contributed by atoms with Crippen LogP contribution in [0.4, 0.5) is 5.82 Å². The normalized spacial score (nSPS) is 18.9. The molecule has 7 heteroatoms. The lowest BCUT2D eigenvalue weighted by Gasteiger charge is -2.34. The summed E-state index contributed by atoms with van der Waals surface area (Å²) in [4.78, 5) is 2.47. The van der Waals surface area contributed by atoms with Gasteiger partial charge >= 0.3 is 0 Å². The predicted molar refractivity (Wildman–Crippen MR) is 93.4 cm³/mol. The lowest BCUT2D eigenvalue weighted by molar-refractivity contribution is -0.0244. The van der Waals surface area contributed by atoms with Crippen molar-refractivity contribution in [3.63, 3.8) is 0 Å². The van der Waals surface area contributed by atoms with Gasteiger partial charge in [0, 0.05) is 32.4 Å². The summed E-state index contributed by atoms with van der Waals surface area (Å²) in [6, 6.07) is 5.78. The quantitative estimate of drug-likeness (QED) is 0.870. The van der Waals surface area contributed by atoms with Gasteiger partial charge in [-0.15, -0.1) is 10.2 Å². The Kier molecular flexibility index (Phi) is 5.42. The van der Waals surface area contributed by atoms with Crippen LogP contribution in [0.1, 0.15) is 19.5 Å². The molecule has 130 valence electrons. The second-order valence-electron chi connectivity index (χ2n) is 6.71. The Bertz CT molecular complexity index is 639. The summed E-state index contributed by atoms with van der Waals surface area (Å²) in [5.41, 5.74) is 0.958. The third kappa shape index (κ3) is 4.52.